The van der Waals surface area contributed by atoms with Crippen LogP contribution in [0.2, 0.25) is 0 Å². The Hall–Kier alpha value is -2.07. The summed E-state index contributed by atoms with van der Waals surface area (Å²) in [5, 5.41) is 8.91. The Labute approximate surface area is 152 Å². The standard InChI is InChI=1S/C24H29N/c1-3-4-18(2)20-9-11-22(12-10-20)24-15-13-23(14-16-24)21-7-5-19(17-25)6-8-21/h5-8,13-16,18,20,22H,3-4,9-12H2,1-2H3. The van der Waals surface area contributed by atoms with Gasteiger partial charge in [-0.2, -0.15) is 5.26 Å². The predicted molar refractivity (Wildman–Crippen MR) is 105 cm³/mol. The molecule has 1 aliphatic rings. The first kappa shape index (κ1) is 17.7. The maximum atomic E-state index is 8.91. The molecule has 1 saturated carbocycles. The molecule has 0 bridgehead atoms. The summed E-state index contributed by atoms with van der Waals surface area (Å²) in [6.07, 6.45) is 8.17. The van der Waals surface area contributed by atoms with E-state index in [1.165, 1.54) is 55.2 Å². The minimum Gasteiger partial charge on any atom is -0.192 e. The molecule has 3 rings (SSSR count). The highest BCUT2D eigenvalue weighted by molar-refractivity contribution is 5.64. The van der Waals surface area contributed by atoms with Crippen molar-refractivity contribution in [3.05, 3.63) is 59.7 Å². The van der Waals surface area contributed by atoms with Crippen LogP contribution in [-0.2, 0) is 0 Å². The van der Waals surface area contributed by atoms with Crippen LogP contribution in [0.4, 0.5) is 0 Å². The first-order chi connectivity index (χ1) is 12.2. The highest BCUT2D eigenvalue weighted by atomic mass is 14.3. The Bertz CT molecular complexity index is 697. The van der Waals surface area contributed by atoms with Crippen LogP contribution in [0.1, 0.15) is 69.4 Å². The van der Waals surface area contributed by atoms with E-state index < -0.39 is 0 Å². The van der Waals surface area contributed by atoms with Gasteiger partial charge in [0, 0.05) is 0 Å². The maximum absolute atomic E-state index is 8.91. The van der Waals surface area contributed by atoms with E-state index in [9.17, 15) is 0 Å². The lowest BCUT2D eigenvalue weighted by Gasteiger charge is -2.32. The van der Waals surface area contributed by atoms with E-state index in [1.807, 2.05) is 24.3 Å². The van der Waals surface area contributed by atoms with E-state index in [4.69, 9.17) is 5.26 Å². The molecule has 2 aromatic carbocycles. The van der Waals surface area contributed by atoms with Crippen LogP contribution in [0.5, 0.6) is 0 Å². The number of nitriles is 1. The lowest BCUT2D eigenvalue weighted by molar-refractivity contribution is 0.235. The summed E-state index contributed by atoms with van der Waals surface area (Å²) in [4.78, 5) is 0. The van der Waals surface area contributed by atoms with Crippen molar-refractivity contribution >= 4 is 0 Å². The maximum Gasteiger partial charge on any atom is 0.0991 e. The molecule has 0 amide bonds. The Morgan fingerprint density at radius 3 is 2.00 bits per heavy atom. The van der Waals surface area contributed by atoms with Gasteiger partial charge in [0.15, 0.2) is 0 Å². The monoisotopic (exact) mass is 331 g/mol. The normalized spacial score (nSPS) is 21.5. The van der Waals surface area contributed by atoms with Gasteiger partial charge in [-0.1, -0.05) is 63.1 Å². The Balaban J connectivity index is 1.62. The van der Waals surface area contributed by atoms with Crippen molar-refractivity contribution < 1.29 is 0 Å². The van der Waals surface area contributed by atoms with Crippen LogP contribution in [0, 0.1) is 23.2 Å². The van der Waals surface area contributed by atoms with Crippen molar-refractivity contribution in [2.45, 2.75) is 58.3 Å². The summed E-state index contributed by atoms with van der Waals surface area (Å²) in [5.41, 5.74) is 4.63. The number of nitrogens with zero attached hydrogens (tertiary/aromatic N) is 1. The zero-order chi connectivity index (χ0) is 17.6. The van der Waals surface area contributed by atoms with Gasteiger partial charge in [0.25, 0.3) is 0 Å². The zero-order valence-corrected chi connectivity index (χ0v) is 15.5. The summed E-state index contributed by atoms with van der Waals surface area (Å²) >= 11 is 0. The van der Waals surface area contributed by atoms with Crippen LogP contribution < -0.4 is 0 Å². The fourth-order valence-electron chi connectivity index (χ4n) is 4.40. The average Bonchev–Trinajstić information content (AvgIpc) is 2.68. The Morgan fingerprint density at radius 2 is 1.48 bits per heavy atom. The fraction of sp³-hybridized carbons (Fsp3) is 0.458. The van der Waals surface area contributed by atoms with Gasteiger partial charge < -0.3 is 0 Å². The second kappa shape index (κ2) is 8.34. The molecule has 0 N–H and O–H groups in total. The van der Waals surface area contributed by atoms with Crippen molar-refractivity contribution in [3.63, 3.8) is 0 Å². The van der Waals surface area contributed by atoms with Gasteiger partial charge in [-0.25, -0.2) is 0 Å². The minimum atomic E-state index is 0.717. The molecule has 2 aromatic rings. The predicted octanol–water partition coefficient (Wildman–Crippen LogP) is 6.94. The van der Waals surface area contributed by atoms with Crippen LogP contribution in [0.3, 0.4) is 0 Å². The molecule has 1 fully saturated rings. The molecule has 0 aliphatic heterocycles. The van der Waals surface area contributed by atoms with Gasteiger partial charge in [0.05, 0.1) is 11.6 Å². The molecule has 0 aromatic heterocycles. The van der Waals surface area contributed by atoms with Crippen molar-refractivity contribution in [3.8, 4) is 17.2 Å². The van der Waals surface area contributed by atoms with Gasteiger partial charge in [-0.15, -0.1) is 0 Å². The molecule has 1 heteroatoms. The fourth-order valence-corrected chi connectivity index (χ4v) is 4.40. The SMILES string of the molecule is CCCC(C)C1CCC(c2ccc(-c3ccc(C#N)cc3)cc2)CC1. The lowest BCUT2D eigenvalue weighted by atomic mass is 9.73. The number of benzene rings is 2. The number of hydrogen-bond acceptors (Lipinski definition) is 1. The van der Waals surface area contributed by atoms with Crippen LogP contribution in [0.25, 0.3) is 11.1 Å². The molecule has 0 saturated heterocycles. The third kappa shape index (κ3) is 4.31. The van der Waals surface area contributed by atoms with Gasteiger partial charge >= 0.3 is 0 Å². The molecule has 1 nitrogen and oxygen atoms in total. The van der Waals surface area contributed by atoms with Crippen molar-refractivity contribution in [2.24, 2.45) is 11.8 Å². The quantitative estimate of drug-likeness (QED) is 0.582. The van der Waals surface area contributed by atoms with Crippen molar-refractivity contribution in [2.75, 3.05) is 0 Å². The minimum absolute atomic E-state index is 0.717. The molecular weight excluding hydrogens is 302 g/mol. The van der Waals surface area contributed by atoms with E-state index in [-0.39, 0.29) is 0 Å². The zero-order valence-electron chi connectivity index (χ0n) is 15.5. The van der Waals surface area contributed by atoms with Gasteiger partial charge in [-0.05, 0) is 72.3 Å². The summed E-state index contributed by atoms with van der Waals surface area (Å²) in [7, 11) is 0. The first-order valence-corrected chi connectivity index (χ1v) is 9.81. The average molecular weight is 332 g/mol. The largest absolute Gasteiger partial charge is 0.192 e. The van der Waals surface area contributed by atoms with Gasteiger partial charge in [0.2, 0.25) is 0 Å². The third-order valence-electron chi connectivity index (χ3n) is 6.05. The van der Waals surface area contributed by atoms with E-state index in [2.05, 4.69) is 44.2 Å². The summed E-state index contributed by atoms with van der Waals surface area (Å²) < 4.78 is 0. The summed E-state index contributed by atoms with van der Waals surface area (Å²) in [5.74, 6) is 2.57. The summed E-state index contributed by atoms with van der Waals surface area (Å²) in [6, 6.07) is 19.1. The van der Waals surface area contributed by atoms with Crippen molar-refractivity contribution in [1.29, 1.82) is 5.26 Å². The molecule has 0 spiro atoms. The molecule has 25 heavy (non-hydrogen) atoms. The van der Waals surface area contributed by atoms with Gasteiger partial charge in [0.1, 0.15) is 0 Å². The van der Waals surface area contributed by atoms with E-state index in [0.29, 0.717) is 0 Å². The molecule has 1 unspecified atom stereocenters. The van der Waals surface area contributed by atoms with E-state index in [0.717, 1.165) is 23.3 Å². The van der Waals surface area contributed by atoms with Crippen LogP contribution >= 0.6 is 0 Å². The molecule has 0 heterocycles. The topological polar surface area (TPSA) is 23.8 Å². The lowest BCUT2D eigenvalue weighted by Crippen LogP contribution is -2.19. The van der Waals surface area contributed by atoms with Crippen molar-refractivity contribution in [1.82, 2.24) is 0 Å². The Morgan fingerprint density at radius 1 is 0.920 bits per heavy atom. The molecule has 0 radical (unpaired) electrons. The second-order valence-corrected chi connectivity index (χ2v) is 7.69. The smallest absolute Gasteiger partial charge is 0.0991 e. The first-order valence-electron chi connectivity index (χ1n) is 9.81. The molecule has 1 atom stereocenters. The molecular formula is C24H29N. The number of rotatable bonds is 5. The van der Waals surface area contributed by atoms with E-state index >= 15 is 0 Å². The van der Waals surface area contributed by atoms with Crippen LogP contribution in [0.15, 0.2) is 48.5 Å². The summed E-state index contributed by atoms with van der Waals surface area (Å²) in [6.45, 7) is 4.75. The number of hydrogen-bond donors (Lipinski definition) is 0. The highest BCUT2D eigenvalue weighted by Crippen LogP contribution is 2.40. The van der Waals surface area contributed by atoms with Gasteiger partial charge in [-0.3, -0.25) is 0 Å². The highest BCUT2D eigenvalue weighted by Gasteiger charge is 2.25. The Kier molecular flexibility index (Phi) is 5.92. The third-order valence-corrected chi connectivity index (χ3v) is 6.05. The second-order valence-electron chi connectivity index (χ2n) is 7.69. The van der Waals surface area contributed by atoms with E-state index in [1.54, 1.807) is 0 Å². The molecule has 130 valence electrons. The molecule has 1 aliphatic carbocycles. The van der Waals surface area contributed by atoms with Crippen LogP contribution in [-0.4, -0.2) is 0 Å².